The van der Waals surface area contributed by atoms with E-state index >= 15 is 0 Å². The van der Waals surface area contributed by atoms with Crippen molar-refractivity contribution < 1.29 is 4.74 Å². The number of rotatable bonds is 2. The summed E-state index contributed by atoms with van der Waals surface area (Å²) in [6, 6.07) is 16.3. The van der Waals surface area contributed by atoms with Crippen LogP contribution in [-0.4, -0.2) is 13.4 Å². The van der Waals surface area contributed by atoms with Gasteiger partial charge < -0.3 is 4.74 Å². The molecule has 0 amide bonds. The van der Waals surface area contributed by atoms with Crippen LogP contribution in [0.4, 0.5) is 0 Å². The Morgan fingerprint density at radius 3 is 1.65 bits per heavy atom. The van der Waals surface area contributed by atoms with Crippen molar-refractivity contribution in [2.75, 3.05) is 13.4 Å². The van der Waals surface area contributed by atoms with E-state index < -0.39 is 0 Å². The molecule has 0 aromatic heterocycles. The van der Waals surface area contributed by atoms with Gasteiger partial charge in [0.2, 0.25) is 0 Å². The summed E-state index contributed by atoms with van der Waals surface area (Å²) >= 11 is 1.80. The fourth-order valence-electron chi connectivity index (χ4n) is 1.57. The number of para-hydroxylation sites is 1. The Labute approximate surface area is 128 Å². The number of ether oxygens (including phenoxy) is 1. The molecule has 20 heavy (non-hydrogen) atoms. The first kappa shape index (κ1) is 18.6. The SMILES string of the molecule is CC.COc1ccccc1C.CSc1ccccc1C. The lowest BCUT2D eigenvalue weighted by Gasteiger charge is -2.00. The Kier molecular flexibility index (Phi) is 10.6. The van der Waals surface area contributed by atoms with Crippen molar-refractivity contribution >= 4 is 11.8 Å². The Morgan fingerprint density at radius 2 is 1.30 bits per heavy atom. The molecule has 0 aliphatic carbocycles. The van der Waals surface area contributed by atoms with Gasteiger partial charge >= 0.3 is 0 Å². The minimum absolute atomic E-state index is 0.956. The zero-order valence-corrected chi connectivity index (χ0v) is 14.3. The maximum absolute atomic E-state index is 5.04. The van der Waals surface area contributed by atoms with Crippen LogP contribution in [0, 0.1) is 13.8 Å². The monoisotopic (exact) mass is 290 g/mol. The van der Waals surface area contributed by atoms with Gasteiger partial charge in [-0.2, -0.15) is 0 Å². The number of hydrogen-bond acceptors (Lipinski definition) is 2. The minimum Gasteiger partial charge on any atom is -0.496 e. The summed E-state index contributed by atoms with van der Waals surface area (Å²) in [5, 5.41) is 0. The maximum atomic E-state index is 5.04. The van der Waals surface area contributed by atoms with E-state index in [2.05, 4.69) is 37.4 Å². The van der Waals surface area contributed by atoms with Gasteiger partial charge in [-0.1, -0.05) is 50.2 Å². The molecular formula is C18H26OS. The molecule has 1 nitrogen and oxygen atoms in total. The molecule has 0 saturated heterocycles. The van der Waals surface area contributed by atoms with E-state index in [-0.39, 0.29) is 0 Å². The molecule has 2 aromatic carbocycles. The molecule has 0 atom stereocenters. The van der Waals surface area contributed by atoms with Gasteiger partial charge in [-0.25, -0.2) is 0 Å². The summed E-state index contributed by atoms with van der Waals surface area (Å²) < 4.78 is 5.04. The van der Waals surface area contributed by atoms with Crippen molar-refractivity contribution in [3.63, 3.8) is 0 Å². The molecule has 0 bridgehead atoms. The average molecular weight is 290 g/mol. The Morgan fingerprint density at radius 1 is 0.800 bits per heavy atom. The lowest BCUT2D eigenvalue weighted by molar-refractivity contribution is 0.411. The molecule has 2 heteroatoms. The van der Waals surface area contributed by atoms with Crippen LogP contribution in [0.2, 0.25) is 0 Å². The van der Waals surface area contributed by atoms with Crippen LogP contribution >= 0.6 is 11.8 Å². The van der Waals surface area contributed by atoms with Crippen molar-refractivity contribution in [3.8, 4) is 5.75 Å². The van der Waals surface area contributed by atoms with Crippen molar-refractivity contribution in [1.82, 2.24) is 0 Å². The van der Waals surface area contributed by atoms with Gasteiger partial charge in [0.15, 0.2) is 0 Å². The third-order valence-corrected chi connectivity index (χ3v) is 3.52. The highest BCUT2D eigenvalue weighted by Gasteiger charge is 1.91. The van der Waals surface area contributed by atoms with Gasteiger partial charge in [0, 0.05) is 4.90 Å². The molecule has 0 radical (unpaired) electrons. The van der Waals surface area contributed by atoms with Gasteiger partial charge in [0.25, 0.3) is 0 Å². The predicted octanol–water partition coefficient (Wildman–Crippen LogP) is 5.75. The highest BCUT2D eigenvalue weighted by molar-refractivity contribution is 7.98. The molecule has 0 aliphatic heterocycles. The van der Waals surface area contributed by atoms with Crippen molar-refractivity contribution in [3.05, 3.63) is 59.7 Å². The first-order valence-corrected chi connectivity index (χ1v) is 8.10. The fourth-order valence-corrected chi connectivity index (χ4v) is 2.18. The molecule has 0 aliphatic rings. The lowest BCUT2D eigenvalue weighted by Crippen LogP contribution is -1.84. The highest BCUT2D eigenvalue weighted by atomic mass is 32.2. The third kappa shape index (κ3) is 6.67. The van der Waals surface area contributed by atoms with Crippen LogP contribution in [0.15, 0.2) is 53.4 Å². The van der Waals surface area contributed by atoms with Gasteiger partial charge in [-0.05, 0) is 43.4 Å². The summed E-state index contributed by atoms with van der Waals surface area (Å²) in [6.07, 6.45) is 2.10. The number of thioether (sulfide) groups is 1. The van der Waals surface area contributed by atoms with Crippen LogP contribution in [0.3, 0.4) is 0 Å². The maximum Gasteiger partial charge on any atom is 0.121 e. The number of methoxy groups -OCH3 is 1. The molecule has 110 valence electrons. The van der Waals surface area contributed by atoms with Crippen LogP contribution in [0.5, 0.6) is 5.75 Å². The average Bonchev–Trinajstić information content (AvgIpc) is 2.51. The molecule has 0 saturated carbocycles. The molecule has 2 aromatic rings. The van der Waals surface area contributed by atoms with Crippen molar-refractivity contribution in [1.29, 1.82) is 0 Å². The van der Waals surface area contributed by atoms with E-state index in [9.17, 15) is 0 Å². The topological polar surface area (TPSA) is 9.23 Å². The normalized spacial score (nSPS) is 8.70. The Bertz CT molecular complexity index is 435. The number of benzene rings is 2. The summed E-state index contributed by atoms with van der Waals surface area (Å²) in [6.45, 7) is 8.16. The van der Waals surface area contributed by atoms with Crippen LogP contribution in [0.1, 0.15) is 25.0 Å². The summed E-state index contributed by atoms with van der Waals surface area (Å²) in [7, 11) is 1.68. The lowest BCUT2D eigenvalue weighted by atomic mass is 10.2. The summed E-state index contributed by atoms with van der Waals surface area (Å²) in [5.41, 5.74) is 2.55. The standard InChI is InChI=1S/C8H10O.C8H10S.C2H6/c2*1-7-5-3-4-6-8(7)9-2;1-2/h2*3-6H,1-2H3;1-2H3. The van der Waals surface area contributed by atoms with E-state index in [1.165, 1.54) is 16.0 Å². The molecule has 0 heterocycles. The van der Waals surface area contributed by atoms with Crippen LogP contribution in [0.25, 0.3) is 0 Å². The summed E-state index contributed by atoms with van der Waals surface area (Å²) in [5.74, 6) is 0.956. The van der Waals surface area contributed by atoms with E-state index in [1.54, 1.807) is 18.9 Å². The Hall–Kier alpha value is -1.41. The Balaban J connectivity index is 0.000000321. The first-order chi connectivity index (χ1) is 9.69. The molecule has 2 rings (SSSR count). The zero-order chi connectivity index (χ0) is 15.4. The van der Waals surface area contributed by atoms with Gasteiger partial charge in [0.1, 0.15) is 5.75 Å². The molecular weight excluding hydrogens is 264 g/mol. The van der Waals surface area contributed by atoms with Crippen molar-refractivity contribution in [2.45, 2.75) is 32.6 Å². The van der Waals surface area contributed by atoms with Crippen LogP contribution < -0.4 is 4.74 Å². The number of hydrogen-bond donors (Lipinski definition) is 0. The second-order valence-electron chi connectivity index (χ2n) is 3.94. The quantitative estimate of drug-likeness (QED) is 0.652. The highest BCUT2D eigenvalue weighted by Crippen LogP contribution is 2.17. The van der Waals surface area contributed by atoms with Gasteiger partial charge in [0.05, 0.1) is 7.11 Å². The first-order valence-electron chi connectivity index (χ1n) is 6.88. The minimum atomic E-state index is 0.956. The second-order valence-corrected chi connectivity index (χ2v) is 4.79. The van der Waals surface area contributed by atoms with E-state index in [4.69, 9.17) is 4.74 Å². The van der Waals surface area contributed by atoms with Crippen molar-refractivity contribution in [2.24, 2.45) is 0 Å². The fraction of sp³-hybridized carbons (Fsp3) is 0.333. The molecule has 0 spiro atoms. The van der Waals surface area contributed by atoms with Gasteiger partial charge in [-0.15, -0.1) is 11.8 Å². The molecule has 0 N–H and O–H groups in total. The predicted molar refractivity (Wildman–Crippen MR) is 92.0 cm³/mol. The zero-order valence-electron chi connectivity index (χ0n) is 13.4. The second kappa shape index (κ2) is 11.4. The van der Waals surface area contributed by atoms with E-state index in [0.29, 0.717) is 0 Å². The molecule has 0 fully saturated rings. The van der Waals surface area contributed by atoms with E-state index in [1.807, 2.05) is 45.0 Å². The summed E-state index contributed by atoms with van der Waals surface area (Å²) in [4.78, 5) is 1.37. The number of aryl methyl sites for hydroxylation is 2. The smallest absolute Gasteiger partial charge is 0.121 e. The van der Waals surface area contributed by atoms with Gasteiger partial charge in [-0.3, -0.25) is 0 Å². The van der Waals surface area contributed by atoms with E-state index in [0.717, 1.165) is 5.75 Å². The third-order valence-electron chi connectivity index (χ3n) is 2.63. The molecule has 0 unspecified atom stereocenters. The van der Waals surface area contributed by atoms with Crippen LogP contribution in [-0.2, 0) is 0 Å². The largest absolute Gasteiger partial charge is 0.496 e.